The predicted octanol–water partition coefficient (Wildman–Crippen LogP) is 3.19. The van der Waals surface area contributed by atoms with Crippen LogP contribution >= 0.6 is 0 Å². The Kier molecular flexibility index (Phi) is 4.52. The number of aryl methyl sites for hydroxylation is 1. The zero-order valence-electron chi connectivity index (χ0n) is 14.7. The average molecular weight is 330 g/mol. The van der Waals surface area contributed by atoms with Gasteiger partial charge in [-0.15, -0.1) is 0 Å². The molecule has 0 aromatic heterocycles. The molecule has 5 nitrogen and oxygen atoms in total. The van der Waals surface area contributed by atoms with E-state index >= 15 is 0 Å². The van der Waals surface area contributed by atoms with E-state index in [1.807, 2.05) is 32.9 Å². The molecule has 1 aliphatic heterocycles. The van der Waals surface area contributed by atoms with Crippen molar-refractivity contribution in [3.63, 3.8) is 0 Å². The molecule has 1 aliphatic carbocycles. The second-order valence-corrected chi connectivity index (χ2v) is 7.63. The summed E-state index contributed by atoms with van der Waals surface area (Å²) in [6.45, 7) is 6.09. The van der Waals surface area contributed by atoms with Crippen LogP contribution in [0.4, 0.5) is 4.79 Å². The quantitative estimate of drug-likeness (QED) is 0.906. The molecule has 1 saturated heterocycles. The first kappa shape index (κ1) is 16.8. The van der Waals surface area contributed by atoms with Crippen molar-refractivity contribution in [3.8, 4) is 0 Å². The Hall–Kier alpha value is -2.04. The number of benzene rings is 1. The first-order chi connectivity index (χ1) is 11.3. The van der Waals surface area contributed by atoms with Gasteiger partial charge in [0, 0.05) is 6.54 Å². The topological polar surface area (TPSA) is 58.6 Å². The van der Waals surface area contributed by atoms with Crippen molar-refractivity contribution in [2.24, 2.45) is 0 Å². The summed E-state index contributed by atoms with van der Waals surface area (Å²) in [7, 11) is 0. The molecule has 2 atom stereocenters. The van der Waals surface area contributed by atoms with Crippen LogP contribution in [0, 0.1) is 0 Å². The van der Waals surface area contributed by atoms with Crippen molar-refractivity contribution in [2.75, 3.05) is 6.54 Å². The van der Waals surface area contributed by atoms with Crippen LogP contribution in [0.1, 0.15) is 57.2 Å². The van der Waals surface area contributed by atoms with Crippen molar-refractivity contribution in [3.05, 3.63) is 35.4 Å². The van der Waals surface area contributed by atoms with E-state index < -0.39 is 17.7 Å². The Morgan fingerprint density at radius 1 is 1.21 bits per heavy atom. The lowest BCUT2D eigenvalue weighted by molar-refractivity contribution is -0.126. The molecule has 3 rings (SSSR count). The average Bonchev–Trinajstić information content (AvgIpc) is 3.13. The lowest BCUT2D eigenvalue weighted by Crippen LogP contribution is -2.48. The maximum Gasteiger partial charge on any atom is 0.410 e. The van der Waals surface area contributed by atoms with Crippen LogP contribution in [-0.4, -0.2) is 35.1 Å². The minimum atomic E-state index is -0.551. The molecule has 5 heteroatoms. The third-order valence-corrected chi connectivity index (χ3v) is 4.63. The van der Waals surface area contributed by atoms with Gasteiger partial charge in [-0.25, -0.2) is 4.79 Å². The van der Waals surface area contributed by atoms with Crippen molar-refractivity contribution in [1.29, 1.82) is 0 Å². The number of hydrogen-bond acceptors (Lipinski definition) is 3. The second kappa shape index (κ2) is 6.46. The molecule has 1 fully saturated rings. The van der Waals surface area contributed by atoms with Crippen LogP contribution in [0.5, 0.6) is 0 Å². The fourth-order valence-electron chi connectivity index (χ4n) is 3.55. The molecule has 1 aromatic carbocycles. The highest BCUT2D eigenvalue weighted by Gasteiger charge is 2.37. The SMILES string of the molecule is CC(C)(C)OC(=O)N1CCC[C@@H]1C(=O)N[C@@H]1CCc2ccccc21. The Labute approximate surface area is 143 Å². The van der Waals surface area contributed by atoms with Gasteiger partial charge in [-0.3, -0.25) is 9.69 Å². The van der Waals surface area contributed by atoms with E-state index in [2.05, 4.69) is 17.4 Å². The van der Waals surface area contributed by atoms with E-state index in [-0.39, 0.29) is 11.9 Å². The summed E-state index contributed by atoms with van der Waals surface area (Å²) >= 11 is 0. The Balaban J connectivity index is 1.65. The Morgan fingerprint density at radius 2 is 1.96 bits per heavy atom. The summed E-state index contributed by atoms with van der Waals surface area (Å²) in [6, 6.07) is 7.86. The maximum absolute atomic E-state index is 12.7. The van der Waals surface area contributed by atoms with Gasteiger partial charge < -0.3 is 10.1 Å². The Bertz CT molecular complexity index is 636. The smallest absolute Gasteiger partial charge is 0.410 e. The molecule has 2 aliphatic rings. The molecule has 24 heavy (non-hydrogen) atoms. The molecule has 1 heterocycles. The van der Waals surface area contributed by atoms with Crippen molar-refractivity contribution in [1.82, 2.24) is 10.2 Å². The van der Waals surface area contributed by atoms with Crippen LogP contribution in [0.25, 0.3) is 0 Å². The first-order valence-corrected chi connectivity index (χ1v) is 8.73. The molecule has 0 saturated carbocycles. The molecule has 0 bridgehead atoms. The van der Waals surface area contributed by atoms with Crippen LogP contribution in [-0.2, 0) is 16.0 Å². The molecular weight excluding hydrogens is 304 g/mol. The third-order valence-electron chi connectivity index (χ3n) is 4.63. The summed E-state index contributed by atoms with van der Waals surface area (Å²) in [5, 5.41) is 3.14. The molecule has 0 radical (unpaired) electrons. The largest absolute Gasteiger partial charge is 0.444 e. The number of nitrogens with zero attached hydrogens (tertiary/aromatic N) is 1. The van der Waals surface area contributed by atoms with Gasteiger partial charge in [0.1, 0.15) is 11.6 Å². The van der Waals surface area contributed by atoms with Gasteiger partial charge in [0.2, 0.25) is 5.91 Å². The number of fused-ring (bicyclic) bond motifs is 1. The summed E-state index contributed by atoms with van der Waals surface area (Å²) in [5.74, 6) is -0.0694. The van der Waals surface area contributed by atoms with E-state index in [9.17, 15) is 9.59 Å². The maximum atomic E-state index is 12.7. The summed E-state index contributed by atoms with van der Waals surface area (Å²) in [4.78, 5) is 26.6. The summed E-state index contributed by atoms with van der Waals surface area (Å²) < 4.78 is 5.44. The van der Waals surface area contributed by atoms with Gasteiger partial charge in [-0.05, 0) is 57.6 Å². The second-order valence-electron chi connectivity index (χ2n) is 7.63. The minimum absolute atomic E-state index is 0.0507. The fourth-order valence-corrected chi connectivity index (χ4v) is 3.55. The molecule has 0 spiro atoms. The van der Waals surface area contributed by atoms with E-state index in [0.717, 1.165) is 19.3 Å². The third kappa shape index (κ3) is 3.55. The van der Waals surface area contributed by atoms with Crippen molar-refractivity contribution >= 4 is 12.0 Å². The van der Waals surface area contributed by atoms with Crippen LogP contribution < -0.4 is 5.32 Å². The van der Waals surface area contributed by atoms with Crippen LogP contribution in [0.15, 0.2) is 24.3 Å². The number of hydrogen-bond donors (Lipinski definition) is 1. The molecule has 2 amide bonds. The molecule has 130 valence electrons. The number of nitrogens with one attached hydrogen (secondary N) is 1. The highest BCUT2D eigenvalue weighted by molar-refractivity contribution is 5.86. The lowest BCUT2D eigenvalue weighted by Gasteiger charge is -2.28. The van der Waals surface area contributed by atoms with Gasteiger partial charge in [-0.2, -0.15) is 0 Å². The van der Waals surface area contributed by atoms with Gasteiger partial charge >= 0.3 is 6.09 Å². The van der Waals surface area contributed by atoms with Crippen LogP contribution in [0.3, 0.4) is 0 Å². The summed E-state index contributed by atoms with van der Waals surface area (Å²) in [6.07, 6.45) is 3.04. The number of amides is 2. The van der Waals surface area contributed by atoms with Gasteiger partial charge in [0.25, 0.3) is 0 Å². The molecule has 1 N–H and O–H groups in total. The fraction of sp³-hybridized carbons (Fsp3) is 0.579. The minimum Gasteiger partial charge on any atom is -0.444 e. The number of rotatable bonds is 2. The van der Waals surface area contributed by atoms with E-state index in [0.29, 0.717) is 13.0 Å². The number of ether oxygens (including phenoxy) is 1. The summed E-state index contributed by atoms with van der Waals surface area (Å²) in [5.41, 5.74) is 1.95. The van der Waals surface area contributed by atoms with Crippen LogP contribution in [0.2, 0.25) is 0 Å². The zero-order chi connectivity index (χ0) is 17.3. The highest BCUT2D eigenvalue weighted by atomic mass is 16.6. The molecule has 0 unspecified atom stereocenters. The molecular formula is C19H26N2O3. The van der Waals surface area contributed by atoms with E-state index in [1.54, 1.807) is 4.90 Å². The van der Waals surface area contributed by atoms with Gasteiger partial charge in [-0.1, -0.05) is 24.3 Å². The lowest BCUT2D eigenvalue weighted by atomic mass is 10.1. The highest BCUT2D eigenvalue weighted by Crippen LogP contribution is 2.31. The number of carbonyl (C=O) groups is 2. The van der Waals surface area contributed by atoms with Gasteiger partial charge in [0.05, 0.1) is 6.04 Å². The zero-order valence-corrected chi connectivity index (χ0v) is 14.7. The normalized spacial score (nSPS) is 23.0. The van der Waals surface area contributed by atoms with Crippen molar-refractivity contribution in [2.45, 2.75) is 64.1 Å². The first-order valence-electron chi connectivity index (χ1n) is 8.73. The monoisotopic (exact) mass is 330 g/mol. The van der Waals surface area contributed by atoms with Gasteiger partial charge in [0.15, 0.2) is 0 Å². The molecule has 1 aromatic rings. The predicted molar refractivity (Wildman–Crippen MR) is 91.6 cm³/mol. The Morgan fingerprint density at radius 3 is 2.71 bits per heavy atom. The standard InChI is InChI=1S/C19H26N2O3/c1-19(2,3)24-18(23)21-12-6-9-16(21)17(22)20-15-11-10-13-7-4-5-8-14(13)15/h4-5,7-8,15-16H,6,9-12H2,1-3H3,(H,20,22)/t15-,16-/m1/s1. The van der Waals surface area contributed by atoms with E-state index in [4.69, 9.17) is 4.74 Å². The number of likely N-dealkylation sites (tertiary alicyclic amines) is 1. The van der Waals surface area contributed by atoms with Crippen molar-refractivity contribution < 1.29 is 14.3 Å². The number of carbonyl (C=O) groups excluding carboxylic acids is 2. The van der Waals surface area contributed by atoms with E-state index in [1.165, 1.54) is 11.1 Å².